The Balaban J connectivity index is 1.55. The van der Waals surface area contributed by atoms with E-state index in [1.54, 1.807) is 0 Å². The predicted molar refractivity (Wildman–Crippen MR) is 102 cm³/mol. The highest BCUT2D eigenvalue weighted by Gasteiger charge is 2.03. The van der Waals surface area contributed by atoms with Gasteiger partial charge in [-0.05, 0) is 56.2 Å². The second-order valence-electron chi connectivity index (χ2n) is 6.74. The molecule has 1 aromatic carbocycles. The summed E-state index contributed by atoms with van der Waals surface area (Å²) >= 11 is 5.91. The van der Waals surface area contributed by atoms with E-state index in [4.69, 9.17) is 11.6 Å². The first-order valence-electron chi connectivity index (χ1n) is 9.57. The van der Waals surface area contributed by atoms with E-state index < -0.39 is 0 Å². The summed E-state index contributed by atoms with van der Waals surface area (Å²) in [6, 6.07) is 8.24. The summed E-state index contributed by atoms with van der Waals surface area (Å²) in [6.45, 7) is 4.56. The molecule has 0 N–H and O–H groups in total. The van der Waals surface area contributed by atoms with Crippen molar-refractivity contribution in [2.45, 2.75) is 77.8 Å². The molecule has 0 spiro atoms. The van der Waals surface area contributed by atoms with Crippen LogP contribution in [0, 0.1) is 0 Å². The van der Waals surface area contributed by atoms with Crippen molar-refractivity contribution in [2.75, 3.05) is 0 Å². The molecule has 2 aromatic rings. The number of nitrogens with zero attached hydrogens (tertiary/aromatic N) is 2. The molecule has 0 amide bonds. The minimum Gasteiger partial charge on any atom is -0.237 e. The zero-order valence-electron chi connectivity index (χ0n) is 15.1. The fourth-order valence-corrected chi connectivity index (χ4v) is 3.18. The van der Waals surface area contributed by atoms with Crippen LogP contribution in [0.5, 0.6) is 0 Å². The van der Waals surface area contributed by atoms with Gasteiger partial charge in [0.25, 0.3) is 0 Å². The lowest BCUT2D eigenvalue weighted by atomic mass is 10.1. The number of hydrogen-bond donors (Lipinski definition) is 0. The molecule has 0 saturated carbocycles. The van der Waals surface area contributed by atoms with Crippen molar-refractivity contribution >= 4 is 11.6 Å². The van der Waals surface area contributed by atoms with Crippen molar-refractivity contribution in [1.82, 2.24) is 4.57 Å². The van der Waals surface area contributed by atoms with Gasteiger partial charge in [-0.3, -0.25) is 0 Å². The summed E-state index contributed by atoms with van der Waals surface area (Å²) in [6.07, 6.45) is 18.4. The molecule has 0 saturated heterocycles. The Kier molecular flexibility index (Phi) is 8.97. The number of rotatable bonds is 12. The van der Waals surface area contributed by atoms with Crippen molar-refractivity contribution in [3.05, 3.63) is 53.6 Å². The molecule has 2 nitrogen and oxygen atoms in total. The number of benzene rings is 1. The molecule has 0 aliphatic carbocycles. The highest BCUT2D eigenvalue weighted by atomic mass is 35.5. The standard InChI is InChI=1S/C21H32ClN2/c1-2-3-4-5-8-15-23-17-18-24(19-23)16-9-6-7-10-20-11-13-21(22)14-12-20/h11-14,17-19H,2-10,15-16H2,1H3/q+1. The van der Waals surface area contributed by atoms with Crippen LogP contribution in [-0.4, -0.2) is 4.57 Å². The minimum atomic E-state index is 0.824. The van der Waals surface area contributed by atoms with E-state index in [-0.39, 0.29) is 0 Å². The second kappa shape index (κ2) is 11.3. The SMILES string of the molecule is CCCCCCCn1cc[n+](CCCCCc2ccc(Cl)cc2)c1. The van der Waals surface area contributed by atoms with Gasteiger partial charge in [0.15, 0.2) is 0 Å². The molecular weight excluding hydrogens is 316 g/mol. The van der Waals surface area contributed by atoms with E-state index >= 15 is 0 Å². The molecule has 0 atom stereocenters. The average Bonchev–Trinajstić information content (AvgIpc) is 3.04. The van der Waals surface area contributed by atoms with Gasteiger partial charge < -0.3 is 0 Å². The zero-order chi connectivity index (χ0) is 17.0. The summed E-state index contributed by atoms with van der Waals surface area (Å²) in [7, 11) is 0. The average molecular weight is 348 g/mol. The fourth-order valence-electron chi connectivity index (χ4n) is 3.05. The maximum Gasteiger partial charge on any atom is 0.243 e. The van der Waals surface area contributed by atoms with Gasteiger partial charge in [0.2, 0.25) is 6.33 Å². The first-order valence-corrected chi connectivity index (χ1v) is 9.95. The summed E-state index contributed by atoms with van der Waals surface area (Å²) in [5.74, 6) is 0. The third-order valence-corrected chi connectivity index (χ3v) is 4.81. The van der Waals surface area contributed by atoms with Crippen molar-refractivity contribution < 1.29 is 4.57 Å². The van der Waals surface area contributed by atoms with Crippen LogP contribution in [0.3, 0.4) is 0 Å². The van der Waals surface area contributed by atoms with Gasteiger partial charge in [-0.1, -0.05) is 49.9 Å². The third kappa shape index (κ3) is 7.53. The normalized spacial score (nSPS) is 11.1. The Morgan fingerprint density at radius 2 is 1.67 bits per heavy atom. The number of aryl methyl sites for hydroxylation is 3. The van der Waals surface area contributed by atoms with Crippen molar-refractivity contribution in [3.63, 3.8) is 0 Å². The van der Waals surface area contributed by atoms with Gasteiger partial charge in [0.05, 0.1) is 13.1 Å². The first-order chi connectivity index (χ1) is 11.8. The topological polar surface area (TPSA) is 8.81 Å². The van der Waals surface area contributed by atoms with Gasteiger partial charge in [0.1, 0.15) is 12.4 Å². The maximum absolute atomic E-state index is 5.91. The van der Waals surface area contributed by atoms with E-state index in [1.807, 2.05) is 12.1 Å². The van der Waals surface area contributed by atoms with E-state index in [1.165, 1.54) is 56.9 Å². The molecule has 2 rings (SSSR count). The molecule has 132 valence electrons. The molecule has 0 aliphatic heterocycles. The summed E-state index contributed by atoms with van der Waals surface area (Å²) in [5.41, 5.74) is 1.39. The Labute approximate surface area is 152 Å². The Hall–Kier alpha value is -1.28. The molecular formula is C21H32ClN2+. The van der Waals surface area contributed by atoms with Crippen LogP contribution in [0.1, 0.15) is 63.9 Å². The molecule has 1 heterocycles. The van der Waals surface area contributed by atoms with Crippen LogP contribution in [0.2, 0.25) is 5.02 Å². The molecule has 24 heavy (non-hydrogen) atoms. The van der Waals surface area contributed by atoms with Crippen molar-refractivity contribution in [3.8, 4) is 0 Å². The van der Waals surface area contributed by atoms with E-state index in [9.17, 15) is 0 Å². The van der Waals surface area contributed by atoms with Gasteiger partial charge in [-0.15, -0.1) is 0 Å². The summed E-state index contributed by atoms with van der Waals surface area (Å²) < 4.78 is 4.66. The van der Waals surface area contributed by atoms with Gasteiger partial charge in [-0.25, -0.2) is 9.13 Å². The molecule has 0 fully saturated rings. The van der Waals surface area contributed by atoms with E-state index in [0.717, 1.165) is 24.5 Å². The Bertz CT molecular complexity index is 559. The van der Waals surface area contributed by atoms with Gasteiger partial charge in [-0.2, -0.15) is 0 Å². The first kappa shape index (κ1) is 19.1. The highest BCUT2D eigenvalue weighted by Crippen LogP contribution is 2.12. The van der Waals surface area contributed by atoms with Gasteiger partial charge >= 0.3 is 0 Å². The van der Waals surface area contributed by atoms with Crippen LogP contribution in [0.25, 0.3) is 0 Å². The smallest absolute Gasteiger partial charge is 0.237 e. The van der Waals surface area contributed by atoms with Crippen LogP contribution >= 0.6 is 11.6 Å². The van der Waals surface area contributed by atoms with Crippen molar-refractivity contribution in [2.24, 2.45) is 0 Å². The number of aromatic nitrogens is 2. The molecule has 1 aromatic heterocycles. The summed E-state index contributed by atoms with van der Waals surface area (Å²) in [4.78, 5) is 0. The number of imidazole rings is 1. The third-order valence-electron chi connectivity index (χ3n) is 4.56. The molecule has 0 unspecified atom stereocenters. The monoisotopic (exact) mass is 347 g/mol. The molecule has 0 bridgehead atoms. The molecule has 0 aliphatic rings. The maximum atomic E-state index is 5.91. The highest BCUT2D eigenvalue weighted by molar-refractivity contribution is 6.30. The Morgan fingerprint density at radius 1 is 0.917 bits per heavy atom. The van der Waals surface area contributed by atoms with E-state index in [0.29, 0.717) is 0 Å². The zero-order valence-corrected chi connectivity index (χ0v) is 15.8. The fraction of sp³-hybridized carbons (Fsp3) is 0.571. The Morgan fingerprint density at radius 3 is 2.46 bits per heavy atom. The number of unbranched alkanes of at least 4 members (excludes halogenated alkanes) is 6. The molecule has 0 radical (unpaired) electrons. The lowest BCUT2D eigenvalue weighted by Crippen LogP contribution is -2.30. The number of halogens is 1. The van der Waals surface area contributed by atoms with Crippen LogP contribution in [-0.2, 0) is 19.5 Å². The molecule has 3 heteroatoms. The lowest BCUT2D eigenvalue weighted by Gasteiger charge is -2.01. The largest absolute Gasteiger partial charge is 0.243 e. The quantitative estimate of drug-likeness (QED) is 0.338. The van der Waals surface area contributed by atoms with Crippen LogP contribution < -0.4 is 4.57 Å². The minimum absolute atomic E-state index is 0.824. The second-order valence-corrected chi connectivity index (χ2v) is 7.18. The van der Waals surface area contributed by atoms with Crippen LogP contribution in [0.15, 0.2) is 43.0 Å². The predicted octanol–water partition coefficient (Wildman–Crippen LogP) is 5.81. The summed E-state index contributed by atoms with van der Waals surface area (Å²) in [5, 5.41) is 0.824. The van der Waals surface area contributed by atoms with Crippen LogP contribution in [0.4, 0.5) is 0 Å². The van der Waals surface area contributed by atoms with Gasteiger partial charge in [0, 0.05) is 5.02 Å². The van der Waals surface area contributed by atoms with E-state index in [2.05, 4.69) is 46.9 Å². The van der Waals surface area contributed by atoms with Crippen molar-refractivity contribution in [1.29, 1.82) is 0 Å². The number of hydrogen-bond acceptors (Lipinski definition) is 0. The lowest BCUT2D eigenvalue weighted by molar-refractivity contribution is -0.696.